The number of amides is 2. The van der Waals surface area contributed by atoms with E-state index in [0.29, 0.717) is 23.0 Å². The molecule has 1 aromatic heterocycles. The Morgan fingerprint density at radius 2 is 2.00 bits per heavy atom. The molecule has 0 radical (unpaired) electrons. The number of hydrogen-bond donors (Lipinski definition) is 2. The SMILES string of the molecule is C=CCn1c(SCC(=O)Nc2ccccc2C(=O)NC2CC2)nnc1-c1cccc(C)c1. The highest BCUT2D eigenvalue weighted by atomic mass is 32.2. The first-order valence-corrected chi connectivity index (χ1v) is 11.5. The maximum Gasteiger partial charge on any atom is 0.253 e. The van der Waals surface area contributed by atoms with Crippen molar-refractivity contribution >= 4 is 29.3 Å². The number of anilines is 1. The standard InChI is InChI=1S/C24H25N5O2S/c1-3-13-29-22(17-8-6-7-16(2)14-17)27-28-24(29)32-15-21(30)26-20-10-5-4-9-19(20)23(31)25-18-11-12-18/h3-10,14,18H,1,11-13,15H2,2H3,(H,25,31)(H,26,30). The van der Waals surface area contributed by atoms with E-state index in [1.165, 1.54) is 11.8 Å². The monoisotopic (exact) mass is 447 g/mol. The van der Waals surface area contributed by atoms with E-state index in [-0.39, 0.29) is 23.6 Å². The predicted octanol–water partition coefficient (Wildman–Crippen LogP) is 4.06. The summed E-state index contributed by atoms with van der Waals surface area (Å²) >= 11 is 1.30. The lowest BCUT2D eigenvalue weighted by Crippen LogP contribution is -2.27. The summed E-state index contributed by atoms with van der Waals surface area (Å²) in [5.74, 6) is 0.497. The Morgan fingerprint density at radius 3 is 2.75 bits per heavy atom. The molecule has 0 spiro atoms. The zero-order valence-electron chi connectivity index (χ0n) is 17.9. The first kappa shape index (κ1) is 21.8. The van der Waals surface area contributed by atoms with Crippen molar-refractivity contribution in [2.45, 2.75) is 37.5 Å². The molecular weight excluding hydrogens is 422 g/mol. The fourth-order valence-corrected chi connectivity index (χ4v) is 4.03. The van der Waals surface area contributed by atoms with Crippen LogP contribution in [-0.2, 0) is 11.3 Å². The Bertz CT molecular complexity index is 1150. The molecule has 0 bridgehead atoms. The second kappa shape index (κ2) is 9.82. The molecule has 2 amide bonds. The normalized spacial score (nSPS) is 12.9. The van der Waals surface area contributed by atoms with Gasteiger partial charge in [-0.2, -0.15) is 0 Å². The molecule has 1 saturated carbocycles. The minimum atomic E-state index is -0.216. The van der Waals surface area contributed by atoms with Crippen molar-refractivity contribution in [3.05, 3.63) is 72.3 Å². The second-order valence-corrected chi connectivity index (χ2v) is 8.65. The number of benzene rings is 2. The highest BCUT2D eigenvalue weighted by molar-refractivity contribution is 7.99. The van der Waals surface area contributed by atoms with Crippen molar-refractivity contribution < 1.29 is 9.59 Å². The number of carbonyl (C=O) groups is 2. The van der Waals surface area contributed by atoms with E-state index in [1.807, 2.05) is 35.8 Å². The quantitative estimate of drug-likeness (QED) is 0.381. The Morgan fingerprint density at radius 1 is 1.19 bits per heavy atom. The van der Waals surface area contributed by atoms with E-state index in [4.69, 9.17) is 0 Å². The molecule has 1 aliphatic carbocycles. The lowest BCUT2D eigenvalue weighted by Gasteiger charge is -2.11. The van der Waals surface area contributed by atoms with Gasteiger partial charge in [-0.3, -0.25) is 14.2 Å². The van der Waals surface area contributed by atoms with Gasteiger partial charge >= 0.3 is 0 Å². The topological polar surface area (TPSA) is 88.9 Å². The summed E-state index contributed by atoms with van der Waals surface area (Å²) in [6.07, 6.45) is 3.79. The van der Waals surface area contributed by atoms with E-state index in [9.17, 15) is 9.59 Å². The fraction of sp³-hybridized carbons (Fsp3) is 0.250. The van der Waals surface area contributed by atoms with Crippen LogP contribution in [0, 0.1) is 6.92 Å². The van der Waals surface area contributed by atoms with Crippen molar-refractivity contribution in [1.29, 1.82) is 0 Å². The van der Waals surface area contributed by atoms with Gasteiger partial charge in [0.2, 0.25) is 5.91 Å². The van der Waals surface area contributed by atoms with Crippen molar-refractivity contribution in [1.82, 2.24) is 20.1 Å². The molecular formula is C24H25N5O2S. The molecule has 1 aliphatic rings. The second-order valence-electron chi connectivity index (χ2n) is 7.71. The molecule has 3 aromatic rings. The van der Waals surface area contributed by atoms with Crippen LogP contribution in [0.4, 0.5) is 5.69 Å². The minimum Gasteiger partial charge on any atom is -0.349 e. The van der Waals surface area contributed by atoms with Gasteiger partial charge in [0.1, 0.15) is 0 Å². The number of aryl methyl sites for hydroxylation is 1. The molecule has 7 nitrogen and oxygen atoms in total. The summed E-state index contributed by atoms with van der Waals surface area (Å²) in [7, 11) is 0. The zero-order chi connectivity index (χ0) is 22.5. The highest BCUT2D eigenvalue weighted by Crippen LogP contribution is 2.25. The molecule has 1 fully saturated rings. The summed E-state index contributed by atoms with van der Waals surface area (Å²) in [5, 5.41) is 15.1. The Labute approximate surface area is 191 Å². The van der Waals surface area contributed by atoms with E-state index in [1.54, 1.807) is 30.3 Å². The number of aromatic nitrogens is 3. The smallest absolute Gasteiger partial charge is 0.253 e. The van der Waals surface area contributed by atoms with Gasteiger partial charge < -0.3 is 10.6 Å². The number of carbonyl (C=O) groups excluding carboxylic acids is 2. The number of nitrogens with zero attached hydrogens (tertiary/aromatic N) is 3. The average molecular weight is 448 g/mol. The van der Waals surface area contributed by atoms with Crippen molar-refractivity contribution in [2.24, 2.45) is 0 Å². The summed E-state index contributed by atoms with van der Waals surface area (Å²) in [5.41, 5.74) is 3.07. The zero-order valence-corrected chi connectivity index (χ0v) is 18.7. The van der Waals surface area contributed by atoms with Crippen LogP contribution in [0.15, 0.2) is 66.3 Å². The third-order valence-electron chi connectivity index (χ3n) is 5.00. The number of rotatable bonds is 9. The number of hydrogen-bond acceptors (Lipinski definition) is 5. The molecule has 164 valence electrons. The van der Waals surface area contributed by atoms with E-state index < -0.39 is 0 Å². The molecule has 32 heavy (non-hydrogen) atoms. The molecule has 0 aliphatic heterocycles. The van der Waals surface area contributed by atoms with Crippen LogP contribution in [0.25, 0.3) is 11.4 Å². The van der Waals surface area contributed by atoms with Gasteiger partial charge in [-0.25, -0.2) is 0 Å². The molecule has 0 atom stereocenters. The lowest BCUT2D eigenvalue weighted by molar-refractivity contribution is -0.113. The predicted molar refractivity (Wildman–Crippen MR) is 127 cm³/mol. The van der Waals surface area contributed by atoms with Gasteiger partial charge in [0, 0.05) is 18.2 Å². The summed E-state index contributed by atoms with van der Waals surface area (Å²) in [4.78, 5) is 25.1. The van der Waals surface area contributed by atoms with Gasteiger partial charge in [-0.1, -0.05) is 53.7 Å². The number of nitrogens with one attached hydrogen (secondary N) is 2. The third-order valence-corrected chi connectivity index (χ3v) is 5.96. The molecule has 0 unspecified atom stereocenters. The molecule has 2 aromatic carbocycles. The van der Waals surface area contributed by atoms with Crippen LogP contribution < -0.4 is 10.6 Å². The first-order chi connectivity index (χ1) is 15.5. The van der Waals surface area contributed by atoms with Crippen LogP contribution in [0.1, 0.15) is 28.8 Å². The maximum absolute atomic E-state index is 12.6. The molecule has 0 saturated heterocycles. The average Bonchev–Trinajstić information content (AvgIpc) is 3.51. The van der Waals surface area contributed by atoms with E-state index in [2.05, 4.69) is 27.4 Å². The first-order valence-electron chi connectivity index (χ1n) is 10.5. The van der Waals surface area contributed by atoms with Gasteiger partial charge in [0.25, 0.3) is 5.91 Å². The third kappa shape index (κ3) is 5.26. The lowest BCUT2D eigenvalue weighted by atomic mass is 10.1. The van der Waals surface area contributed by atoms with Gasteiger partial charge in [0.15, 0.2) is 11.0 Å². The molecule has 1 heterocycles. The summed E-state index contributed by atoms with van der Waals surface area (Å²) in [6.45, 7) is 6.39. The van der Waals surface area contributed by atoms with Crippen LogP contribution in [0.3, 0.4) is 0 Å². The van der Waals surface area contributed by atoms with Crippen molar-refractivity contribution in [2.75, 3.05) is 11.1 Å². The summed E-state index contributed by atoms with van der Waals surface area (Å²) < 4.78 is 1.94. The van der Waals surface area contributed by atoms with Crippen LogP contribution in [0.2, 0.25) is 0 Å². The van der Waals surface area contributed by atoms with Crippen molar-refractivity contribution in [3.8, 4) is 11.4 Å². The fourth-order valence-electron chi connectivity index (χ4n) is 3.28. The van der Waals surface area contributed by atoms with E-state index >= 15 is 0 Å². The Balaban J connectivity index is 1.44. The molecule has 2 N–H and O–H groups in total. The maximum atomic E-state index is 12.6. The van der Waals surface area contributed by atoms with Crippen LogP contribution in [-0.4, -0.2) is 38.4 Å². The largest absolute Gasteiger partial charge is 0.349 e. The van der Waals surface area contributed by atoms with Gasteiger partial charge in [-0.15, -0.1) is 16.8 Å². The van der Waals surface area contributed by atoms with Gasteiger partial charge in [0.05, 0.1) is 17.0 Å². The molecule has 8 heteroatoms. The minimum absolute atomic E-state index is 0.141. The Kier molecular flexibility index (Phi) is 6.70. The summed E-state index contributed by atoms with van der Waals surface area (Å²) in [6, 6.07) is 15.3. The molecule has 4 rings (SSSR count). The van der Waals surface area contributed by atoms with Crippen LogP contribution in [0.5, 0.6) is 0 Å². The number of allylic oxidation sites excluding steroid dienone is 1. The number of thioether (sulfide) groups is 1. The highest BCUT2D eigenvalue weighted by Gasteiger charge is 2.25. The number of para-hydroxylation sites is 1. The van der Waals surface area contributed by atoms with Crippen LogP contribution >= 0.6 is 11.8 Å². The van der Waals surface area contributed by atoms with E-state index in [0.717, 1.165) is 29.8 Å². The van der Waals surface area contributed by atoms with Crippen molar-refractivity contribution in [3.63, 3.8) is 0 Å². The Hall–Kier alpha value is -3.39. The van der Waals surface area contributed by atoms with Gasteiger partial charge in [-0.05, 0) is 38.0 Å².